The monoisotopic (exact) mass is 414 g/mol. The Morgan fingerprint density at radius 1 is 1.14 bits per heavy atom. The number of rotatable bonds is 5. The second kappa shape index (κ2) is 8.57. The highest BCUT2D eigenvalue weighted by Gasteiger charge is 2.07. The Morgan fingerprint density at radius 3 is 2.59 bits per heavy atom. The summed E-state index contributed by atoms with van der Waals surface area (Å²) >= 11 is 0. The number of nitrogens with zero attached hydrogens (tertiary/aromatic N) is 2. The fourth-order valence-electron chi connectivity index (χ4n) is 2.40. The molecule has 0 aliphatic heterocycles. The number of hydrogen-bond acceptors (Lipinski definition) is 6. The average Bonchev–Trinajstić information content (AvgIpc) is 2.66. The summed E-state index contributed by atoms with van der Waals surface area (Å²) in [5.74, 6) is 0.729. The third-order valence-corrected chi connectivity index (χ3v) is 4.13. The number of aromatic nitrogens is 1. The van der Waals surface area contributed by atoms with Crippen molar-refractivity contribution in [1.29, 1.82) is 0 Å². The van der Waals surface area contributed by atoms with Crippen LogP contribution in [0.3, 0.4) is 0 Å². The van der Waals surface area contributed by atoms with E-state index in [2.05, 4.69) is 9.38 Å². The molecule has 0 unspecified atom stereocenters. The van der Waals surface area contributed by atoms with Gasteiger partial charge >= 0.3 is 6.09 Å². The number of pyridine rings is 1. The van der Waals surface area contributed by atoms with Gasteiger partial charge in [-0.25, -0.2) is 13.2 Å². The predicted molar refractivity (Wildman–Crippen MR) is 108 cm³/mol. The average molecular weight is 414 g/mol. The van der Waals surface area contributed by atoms with Crippen molar-refractivity contribution in [2.24, 2.45) is 10.1 Å². The number of carbonyl (C=O) groups excluding carboxylic acids is 1. The maximum Gasteiger partial charge on any atom is 0.414 e. The van der Waals surface area contributed by atoms with Crippen LogP contribution in [0, 0.1) is 0 Å². The standard InChI is InChI=1S/C19H18N4O5S/c1-29(25,26)23-18(20)22-19(24)27-12-13-4-6-15(7-5-13)28-16-8-9-17-14(11-16)3-2-10-21-17/h2-11H,12H2,1H3,(H3,20,22,23,24). The Kier molecular flexibility index (Phi) is 5.93. The molecule has 9 nitrogen and oxygen atoms in total. The van der Waals surface area contributed by atoms with Crippen LogP contribution in [-0.2, 0) is 21.4 Å². The lowest BCUT2D eigenvalue weighted by molar-refractivity contribution is 0.145. The van der Waals surface area contributed by atoms with Gasteiger partial charge in [0.2, 0.25) is 5.96 Å². The zero-order valence-electron chi connectivity index (χ0n) is 15.4. The Hall–Kier alpha value is -3.66. The molecule has 0 bridgehead atoms. The van der Waals surface area contributed by atoms with Crippen molar-refractivity contribution in [2.45, 2.75) is 6.61 Å². The molecule has 3 aromatic rings. The quantitative estimate of drug-likeness (QED) is 0.484. The minimum Gasteiger partial charge on any atom is -0.457 e. The van der Waals surface area contributed by atoms with Crippen LogP contribution in [-0.4, -0.2) is 31.7 Å². The van der Waals surface area contributed by atoms with E-state index in [9.17, 15) is 13.2 Å². The number of hydrogen-bond donors (Lipinski definition) is 2. The molecule has 0 radical (unpaired) electrons. The fraction of sp³-hybridized carbons (Fsp3) is 0.105. The van der Waals surface area contributed by atoms with Gasteiger partial charge in [-0.3, -0.25) is 10.3 Å². The lowest BCUT2D eigenvalue weighted by atomic mass is 10.2. The van der Waals surface area contributed by atoms with Crippen LogP contribution >= 0.6 is 0 Å². The van der Waals surface area contributed by atoms with Gasteiger partial charge in [-0.2, -0.15) is 0 Å². The highest BCUT2D eigenvalue weighted by Crippen LogP contribution is 2.25. The van der Waals surface area contributed by atoms with Gasteiger partial charge in [0.25, 0.3) is 10.0 Å². The van der Waals surface area contributed by atoms with Gasteiger partial charge in [0.15, 0.2) is 0 Å². The first-order valence-corrected chi connectivity index (χ1v) is 10.2. The maximum absolute atomic E-state index is 11.6. The van der Waals surface area contributed by atoms with E-state index in [1.807, 2.05) is 35.6 Å². The molecule has 0 fully saturated rings. The zero-order valence-corrected chi connectivity index (χ0v) is 16.2. The molecule has 0 aliphatic carbocycles. The summed E-state index contributed by atoms with van der Waals surface area (Å²) in [5.41, 5.74) is 6.88. The van der Waals surface area contributed by atoms with E-state index in [1.165, 1.54) is 0 Å². The second-order valence-corrected chi connectivity index (χ2v) is 7.66. The number of benzene rings is 2. The minimum absolute atomic E-state index is 0.0418. The highest BCUT2D eigenvalue weighted by molar-refractivity contribution is 7.89. The van der Waals surface area contributed by atoms with E-state index < -0.39 is 22.1 Å². The van der Waals surface area contributed by atoms with Crippen LogP contribution in [0.1, 0.15) is 5.56 Å². The normalized spacial score (nSPS) is 11.8. The lowest BCUT2D eigenvalue weighted by Crippen LogP contribution is -2.37. The SMILES string of the molecule is CS(=O)(=O)/N=C(\N)NC(=O)OCc1ccc(Oc2ccc3ncccc3c2)cc1. The van der Waals surface area contributed by atoms with E-state index >= 15 is 0 Å². The van der Waals surface area contributed by atoms with Crippen LogP contribution in [0.25, 0.3) is 10.9 Å². The number of ether oxygens (including phenoxy) is 2. The Balaban J connectivity index is 1.55. The number of fused-ring (bicyclic) bond motifs is 1. The van der Waals surface area contributed by atoms with E-state index in [1.54, 1.807) is 30.5 Å². The highest BCUT2D eigenvalue weighted by atomic mass is 32.2. The summed E-state index contributed by atoms with van der Waals surface area (Å²) in [7, 11) is -3.70. The Labute approximate surface area is 167 Å². The summed E-state index contributed by atoms with van der Waals surface area (Å²) in [6.45, 7) is -0.0418. The summed E-state index contributed by atoms with van der Waals surface area (Å²) < 4.78 is 35.8. The van der Waals surface area contributed by atoms with Crippen molar-refractivity contribution in [3.63, 3.8) is 0 Å². The Morgan fingerprint density at radius 2 is 1.86 bits per heavy atom. The number of guanidine groups is 1. The zero-order chi connectivity index (χ0) is 20.9. The summed E-state index contributed by atoms with van der Waals surface area (Å²) in [4.78, 5) is 15.9. The van der Waals surface area contributed by atoms with Crippen molar-refractivity contribution in [3.05, 3.63) is 66.4 Å². The van der Waals surface area contributed by atoms with Crippen molar-refractivity contribution < 1.29 is 22.7 Å². The maximum atomic E-state index is 11.6. The van der Waals surface area contributed by atoms with Crippen LogP contribution in [0.4, 0.5) is 4.79 Å². The molecule has 2 aromatic carbocycles. The van der Waals surface area contributed by atoms with Gasteiger partial charge in [0, 0.05) is 11.6 Å². The third-order valence-electron chi connectivity index (χ3n) is 3.60. The van der Waals surface area contributed by atoms with E-state index in [0.717, 1.165) is 17.2 Å². The molecule has 3 N–H and O–H groups in total. The summed E-state index contributed by atoms with van der Waals surface area (Å²) in [6.07, 6.45) is 1.67. The summed E-state index contributed by atoms with van der Waals surface area (Å²) in [6, 6.07) is 16.4. The fourth-order valence-corrected chi connectivity index (χ4v) is 2.80. The smallest absolute Gasteiger partial charge is 0.414 e. The molecule has 150 valence electrons. The van der Waals surface area contributed by atoms with Gasteiger partial charge in [-0.05, 0) is 42.0 Å². The minimum atomic E-state index is -3.70. The number of sulfonamides is 1. The number of nitrogens with one attached hydrogen (secondary N) is 1. The number of carbonyl (C=O) groups is 1. The number of nitrogens with two attached hydrogens (primary N) is 1. The number of alkyl carbamates (subject to hydrolysis) is 1. The van der Waals surface area contributed by atoms with Crippen molar-refractivity contribution in [2.75, 3.05) is 6.26 Å². The van der Waals surface area contributed by atoms with Crippen LogP contribution < -0.4 is 15.8 Å². The lowest BCUT2D eigenvalue weighted by Gasteiger charge is -2.09. The van der Waals surface area contributed by atoms with Gasteiger partial charge in [0.1, 0.15) is 18.1 Å². The molecule has 0 spiro atoms. The van der Waals surface area contributed by atoms with E-state index in [-0.39, 0.29) is 6.61 Å². The largest absolute Gasteiger partial charge is 0.457 e. The van der Waals surface area contributed by atoms with Crippen molar-refractivity contribution >= 4 is 33.0 Å². The van der Waals surface area contributed by atoms with E-state index in [4.69, 9.17) is 15.2 Å². The first kappa shape index (κ1) is 20.1. The molecular formula is C19H18N4O5S. The molecule has 1 amide bonds. The predicted octanol–water partition coefficient (Wildman–Crippen LogP) is 2.53. The molecular weight excluding hydrogens is 396 g/mol. The number of amides is 1. The van der Waals surface area contributed by atoms with Crippen LogP contribution in [0.15, 0.2) is 65.2 Å². The van der Waals surface area contributed by atoms with Gasteiger partial charge in [-0.15, -0.1) is 4.40 Å². The topological polar surface area (TPSA) is 133 Å². The molecule has 1 aromatic heterocycles. The van der Waals surface area contributed by atoms with Crippen molar-refractivity contribution in [1.82, 2.24) is 10.3 Å². The van der Waals surface area contributed by atoms with Crippen LogP contribution in [0.5, 0.6) is 11.5 Å². The van der Waals surface area contributed by atoms with Crippen LogP contribution in [0.2, 0.25) is 0 Å². The molecule has 0 aliphatic rings. The second-order valence-electron chi connectivity index (χ2n) is 6.01. The van der Waals surface area contributed by atoms with Gasteiger partial charge in [-0.1, -0.05) is 18.2 Å². The molecule has 3 rings (SSSR count). The molecule has 0 saturated carbocycles. The summed E-state index contributed by atoms with van der Waals surface area (Å²) in [5, 5.41) is 2.99. The van der Waals surface area contributed by atoms with Crippen molar-refractivity contribution in [3.8, 4) is 11.5 Å². The molecule has 0 atom stereocenters. The molecule has 1 heterocycles. The van der Waals surface area contributed by atoms with Gasteiger partial charge < -0.3 is 15.2 Å². The molecule has 10 heteroatoms. The first-order chi connectivity index (χ1) is 13.8. The molecule has 0 saturated heterocycles. The molecule has 29 heavy (non-hydrogen) atoms. The Bertz CT molecular complexity index is 1160. The first-order valence-electron chi connectivity index (χ1n) is 8.39. The van der Waals surface area contributed by atoms with E-state index in [0.29, 0.717) is 17.1 Å². The van der Waals surface area contributed by atoms with Gasteiger partial charge in [0.05, 0.1) is 11.8 Å². The third kappa shape index (κ3) is 6.18.